The van der Waals surface area contributed by atoms with Gasteiger partial charge in [0.2, 0.25) is 0 Å². The van der Waals surface area contributed by atoms with E-state index in [1.807, 2.05) is 30.3 Å². The number of hydrogen-bond donors (Lipinski definition) is 0. The maximum atomic E-state index is 14.2. The summed E-state index contributed by atoms with van der Waals surface area (Å²) in [7, 11) is 1.62. The van der Waals surface area contributed by atoms with Gasteiger partial charge in [-0.3, -0.25) is 4.79 Å². The minimum atomic E-state index is -0.500. The first-order chi connectivity index (χ1) is 14.2. The Bertz CT molecular complexity index is 984. The van der Waals surface area contributed by atoms with Gasteiger partial charge in [-0.2, -0.15) is 0 Å². The van der Waals surface area contributed by atoms with Gasteiger partial charge in [0.15, 0.2) is 5.76 Å². The van der Waals surface area contributed by atoms with Gasteiger partial charge in [-0.15, -0.1) is 0 Å². The lowest BCUT2D eigenvalue weighted by molar-refractivity contribution is 0.0669. The molecule has 1 aliphatic heterocycles. The Morgan fingerprint density at radius 1 is 1.14 bits per heavy atom. The van der Waals surface area contributed by atoms with Crippen LogP contribution in [0.5, 0.6) is 5.75 Å². The molecular weight excluding hydrogens is 371 g/mol. The van der Waals surface area contributed by atoms with E-state index in [2.05, 4.69) is 5.16 Å². The Kier molecular flexibility index (Phi) is 5.60. The van der Waals surface area contributed by atoms with E-state index in [1.165, 1.54) is 12.1 Å². The molecule has 2 aromatic carbocycles. The van der Waals surface area contributed by atoms with E-state index in [0.29, 0.717) is 18.0 Å². The summed E-state index contributed by atoms with van der Waals surface area (Å²) < 4.78 is 25.0. The molecule has 5 nitrogen and oxygen atoms in total. The molecule has 1 amide bonds. The van der Waals surface area contributed by atoms with E-state index in [-0.39, 0.29) is 17.5 Å². The Labute approximate surface area is 169 Å². The van der Waals surface area contributed by atoms with Crippen LogP contribution in [0.1, 0.15) is 47.8 Å². The van der Waals surface area contributed by atoms with E-state index < -0.39 is 5.82 Å². The third-order valence-electron chi connectivity index (χ3n) is 5.36. The number of carbonyl (C=O) groups is 1. The van der Waals surface area contributed by atoms with Crippen LogP contribution in [0.15, 0.2) is 59.1 Å². The van der Waals surface area contributed by atoms with Crippen LogP contribution in [0.4, 0.5) is 4.39 Å². The Morgan fingerprint density at radius 3 is 2.69 bits per heavy atom. The number of ether oxygens (including phenoxy) is 1. The van der Waals surface area contributed by atoms with Crippen molar-refractivity contribution in [2.75, 3.05) is 13.7 Å². The monoisotopic (exact) mass is 394 g/mol. The van der Waals surface area contributed by atoms with Crippen molar-refractivity contribution in [1.82, 2.24) is 10.1 Å². The van der Waals surface area contributed by atoms with Crippen molar-refractivity contribution in [2.24, 2.45) is 0 Å². The predicted molar refractivity (Wildman–Crippen MR) is 107 cm³/mol. The van der Waals surface area contributed by atoms with Crippen molar-refractivity contribution in [2.45, 2.75) is 31.7 Å². The number of halogens is 1. The summed E-state index contributed by atoms with van der Waals surface area (Å²) in [5.41, 5.74) is 1.67. The number of carbonyl (C=O) groups excluding carboxylic acids is 1. The fourth-order valence-electron chi connectivity index (χ4n) is 3.79. The largest absolute Gasteiger partial charge is 0.497 e. The number of likely N-dealkylation sites (tertiary alicyclic amines) is 1. The van der Waals surface area contributed by atoms with Crippen LogP contribution in [0.2, 0.25) is 0 Å². The third kappa shape index (κ3) is 4.01. The molecule has 0 aliphatic carbocycles. The standard InChI is InChI=1S/C23H23FN2O3/c1-28-17-12-10-16(11-13-17)22-15-20(25-29-22)21-9-3-2-6-14-26(21)23(27)18-7-4-5-8-19(18)24/h4-5,7-8,10-13,15,21H,2-3,6,9,14H2,1H3. The smallest absolute Gasteiger partial charge is 0.257 e. The predicted octanol–water partition coefficient (Wildman–Crippen LogP) is 5.25. The van der Waals surface area contributed by atoms with Gasteiger partial charge in [0.05, 0.1) is 18.7 Å². The lowest BCUT2D eigenvalue weighted by Gasteiger charge is -2.28. The molecule has 150 valence electrons. The van der Waals surface area contributed by atoms with Gasteiger partial charge in [0.25, 0.3) is 5.91 Å². The van der Waals surface area contributed by atoms with E-state index in [0.717, 1.165) is 37.0 Å². The number of hydrogen-bond acceptors (Lipinski definition) is 4. The molecule has 29 heavy (non-hydrogen) atoms. The molecule has 3 aromatic rings. The van der Waals surface area contributed by atoms with Crippen LogP contribution in [0.3, 0.4) is 0 Å². The second kappa shape index (κ2) is 8.47. The summed E-state index contributed by atoms with van der Waals surface area (Å²) in [5, 5.41) is 4.26. The van der Waals surface area contributed by atoms with Crippen molar-refractivity contribution in [3.63, 3.8) is 0 Å². The number of rotatable bonds is 4. The summed E-state index contributed by atoms with van der Waals surface area (Å²) in [5.74, 6) is 0.590. The molecular formula is C23H23FN2O3. The zero-order chi connectivity index (χ0) is 20.2. The highest BCUT2D eigenvalue weighted by molar-refractivity contribution is 5.94. The summed E-state index contributed by atoms with van der Waals surface area (Å²) in [6.45, 7) is 0.572. The fraction of sp³-hybridized carbons (Fsp3) is 0.304. The normalized spacial score (nSPS) is 17.0. The van der Waals surface area contributed by atoms with E-state index in [1.54, 1.807) is 24.1 Å². The molecule has 1 aromatic heterocycles. The molecule has 0 spiro atoms. The number of amides is 1. The summed E-state index contributed by atoms with van der Waals surface area (Å²) in [6, 6.07) is 15.3. The highest BCUT2D eigenvalue weighted by Crippen LogP contribution is 2.33. The van der Waals surface area contributed by atoms with Crippen LogP contribution in [-0.4, -0.2) is 29.6 Å². The quantitative estimate of drug-likeness (QED) is 0.607. The van der Waals surface area contributed by atoms with Gasteiger partial charge in [0.1, 0.15) is 17.3 Å². The van der Waals surface area contributed by atoms with Gasteiger partial charge in [-0.05, 0) is 49.2 Å². The van der Waals surface area contributed by atoms with Crippen molar-refractivity contribution < 1.29 is 18.4 Å². The molecule has 1 atom stereocenters. The topological polar surface area (TPSA) is 55.6 Å². The number of methoxy groups -OCH3 is 1. The zero-order valence-electron chi connectivity index (χ0n) is 16.3. The first-order valence-electron chi connectivity index (χ1n) is 9.84. The maximum absolute atomic E-state index is 14.2. The lowest BCUT2D eigenvalue weighted by Crippen LogP contribution is -2.35. The van der Waals surface area contributed by atoms with E-state index in [4.69, 9.17) is 9.26 Å². The Morgan fingerprint density at radius 2 is 1.93 bits per heavy atom. The molecule has 6 heteroatoms. The average Bonchev–Trinajstić information content (AvgIpc) is 3.11. The summed E-state index contributed by atoms with van der Waals surface area (Å²) >= 11 is 0. The minimum absolute atomic E-state index is 0.0956. The van der Waals surface area contributed by atoms with Gasteiger partial charge in [0, 0.05) is 18.2 Å². The van der Waals surface area contributed by atoms with Gasteiger partial charge in [-0.1, -0.05) is 30.1 Å². The van der Waals surface area contributed by atoms with Gasteiger partial charge >= 0.3 is 0 Å². The minimum Gasteiger partial charge on any atom is -0.497 e. The highest BCUT2D eigenvalue weighted by Gasteiger charge is 2.31. The first-order valence-corrected chi connectivity index (χ1v) is 9.84. The van der Waals surface area contributed by atoms with E-state index in [9.17, 15) is 9.18 Å². The fourth-order valence-corrected chi connectivity index (χ4v) is 3.79. The average molecular weight is 394 g/mol. The third-order valence-corrected chi connectivity index (χ3v) is 5.36. The molecule has 2 heterocycles. The molecule has 1 aliphatic rings. The van der Waals surface area contributed by atoms with Crippen molar-refractivity contribution in [3.05, 3.63) is 71.7 Å². The molecule has 1 fully saturated rings. The summed E-state index contributed by atoms with van der Waals surface area (Å²) in [6.07, 6.45) is 3.67. The van der Waals surface area contributed by atoms with Crippen molar-refractivity contribution in [3.8, 4) is 17.1 Å². The van der Waals surface area contributed by atoms with Crippen molar-refractivity contribution in [1.29, 1.82) is 0 Å². The molecule has 0 radical (unpaired) electrons. The van der Waals surface area contributed by atoms with Gasteiger partial charge < -0.3 is 14.2 Å². The second-order valence-electron chi connectivity index (χ2n) is 7.19. The SMILES string of the molecule is COc1ccc(-c2cc(C3CCCCCN3C(=O)c3ccccc3F)no2)cc1. The van der Waals surface area contributed by atoms with E-state index >= 15 is 0 Å². The zero-order valence-corrected chi connectivity index (χ0v) is 16.3. The molecule has 0 N–H and O–H groups in total. The maximum Gasteiger partial charge on any atom is 0.257 e. The molecule has 0 bridgehead atoms. The van der Waals surface area contributed by atoms with Crippen molar-refractivity contribution >= 4 is 5.91 Å². The molecule has 1 unspecified atom stereocenters. The lowest BCUT2D eigenvalue weighted by atomic mass is 10.0. The Balaban J connectivity index is 1.63. The van der Waals surface area contributed by atoms with Crippen LogP contribution in [0, 0.1) is 5.82 Å². The number of benzene rings is 2. The van der Waals surface area contributed by atoms with Crippen LogP contribution < -0.4 is 4.74 Å². The summed E-state index contributed by atoms with van der Waals surface area (Å²) in [4.78, 5) is 14.9. The van der Waals surface area contributed by atoms with Crippen LogP contribution in [-0.2, 0) is 0 Å². The molecule has 4 rings (SSSR count). The highest BCUT2D eigenvalue weighted by atomic mass is 19.1. The van der Waals surface area contributed by atoms with Crippen LogP contribution >= 0.6 is 0 Å². The first kappa shape index (κ1) is 19.2. The molecule has 0 saturated carbocycles. The Hall–Kier alpha value is -3.15. The number of nitrogens with zero attached hydrogens (tertiary/aromatic N) is 2. The molecule has 1 saturated heterocycles. The van der Waals surface area contributed by atoms with Crippen LogP contribution in [0.25, 0.3) is 11.3 Å². The van der Waals surface area contributed by atoms with Gasteiger partial charge in [-0.25, -0.2) is 4.39 Å². The number of aromatic nitrogens is 1. The second-order valence-corrected chi connectivity index (χ2v) is 7.19.